The van der Waals surface area contributed by atoms with Crippen LogP contribution in [0.15, 0.2) is 30.5 Å². The van der Waals surface area contributed by atoms with Crippen molar-refractivity contribution in [3.63, 3.8) is 0 Å². The third-order valence-electron chi connectivity index (χ3n) is 3.70. The molecule has 0 aliphatic carbocycles. The van der Waals surface area contributed by atoms with Crippen molar-refractivity contribution in [3.8, 4) is 0 Å². The molecule has 3 N–H and O–H groups in total. The number of carbonyl (C=O) groups is 2. The highest BCUT2D eigenvalue weighted by Gasteiger charge is 2.33. The van der Waals surface area contributed by atoms with Crippen molar-refractivity contribution in [1.29, 1.82) is 0 Å². The molecule has 1 aromatic heterocycles. The van der Waals surface area contributed by atoms with Crippen LogP contribution >= 0.6 is 11.8 Å². The average Bonchev–Trinajstić information content (AvgIpc) is 2.88. The van der Waals surface area contributed by atoms with Gasteiger partial charge < -0.3 is 15.6 Å². The molecule has 0 saturated carbocycles. The summed E-state index contributed by atoms with van der Waals surface area (Å²) in [4.78, 5) is 27.3. The van der Waals surface area contributed by atoms with Crippen LogP contribution in [0.1, 0.15) is 5.56 Å². The fourth-order valence-electron chi connectivity index (χ4n) is 2.62. The summed E-state index contributed by atoms with van der Waals surface area (Å²) in [6.45, 7) is 0. The van der Waals surface area contributed by atoms with Crippen LogP contribution in [0.5, 0.6) is 0 Å². The molecular weight excluding hydrogens is 286 g/mol. The molecule has 0 unspecified atom stereocenters. The van der Waals surface area contributed by atoms with Crippen LogP contribution < -0.4 is 10.6 Å². The van der Waals surface area contributed by atoms with Gasteiger partial charge in [0.2, 0.25) is 11.8 Å². The zero-order chi connectivity index (χ0) is 14.8. The predicted molar refractivity (Wildman–Crippen MR) is 84.2 cm³/mol. The molecule has 1 aliphatic heterocycles. The maximum atomic E-state index is 12.1. The third-order valence-corrected chi connectivity index (χ3v) is 4.36. The largest absolute Gasteiger partial charge is 0.361 e. The van der Waals surface area contributed by atoms with Crippen molar-refractivity contribution in [2.24, 2.45) is 0 Å². The molecule has 0 radical (unpaired) electrons. The van der Waals surface area contributed by atoms with Gasteiger partial charge in [-0.25, -0.2) is 0 Å². The zero-order valence-corrected chi connectivity index (χ0v) is 12.5. The minimum absolute atomic E-state index is 0.103. The Morgan fingerprint density at radius 2 is 1.81 bits per heavy atom. The Morgan fingerprint density at radius 1 is 1.10 bits per heavy atom. The highest BCUT2D eigenvalue weighted by molar-refractivity contribution is 7.98. The Hall–Kier alpha value is -1.95. The molecule has 3 rings (SSSR count). The normalized spacial score (nSPS) is 22.1. The molecule has 6 heteroatoms. The molecule has 0 bridgehead atoms. The van der Waals surface area contributed by atoms with E-state index in [1.54, 1.807) is 11.8 Å². The molecule has 1 aromatic carbocycles. The molecule has 110 valence electrons. The van der Waals surface area contributed by atoms with Gasteiger partial charge in [-0.3, -0.25) is 9.59 Å². The van der Waals surface area contributed by atoms with Crippen molar-refractivity contribution in [3.05, 3.63) is 36.0 Å². The van der Waals surface area contributed by atoms with Crippen molar-refractivity contribution >= 4 is 34.5 Å². The molecule has 2 amide bonds. The second-order valence-electron chi connectivity index (χ2n) is 5.14. The van der Waals surface area contributed by atoms with Crippen LogP contribution in [0.4, 0.5) is 0 Å². The van der Waals surface area contributed by atoms with E-state index in [1.807, 2.05) is 36.7 Å². The molecule has 1 saturated heterocycles. The minimum Gasteiger partial charge on any atom is -0.361 e. The number of nitrogens with one attached hydrogen (secondary N) is 3. The van der Waals surface area contributed by atoms with Crippen molar-refractivity contribution < 1.29 is 9.59 Å². The van der Waals surface area contributed by atoms with Gasteiger partial charge in [-0.15, -0.1) is 0 Å². The molecule has 2 aromatic rings. The number of aromatic nitrogens is 1. The SMILES string of the molecule is CSC[C@@H]1NC(=O)[C@@H](Cc2c[nH]c3ccccc23)NC1=O. The Bertz CT molecular complexity index is 682. The summed E-state index contributed by atoms with van der Waals surface area (Å²) in [5, 5.41) is 6.71. The maximum Gasteiger partial charge on any atom is 0.244 e. The summed E-state index contributed by atoms with van der Waals surface area (Å²) in [5.74, 6) is 0.380. The Labute approximate surface area is 126 Å². The van der Waals surface area contributed by atoms with E-state index in [0.717, 1.165) is 16.5 Å². The smallest absolute Gasteiger partial charge is 0.244 e. The monoisotopic (exact) mass is 303 g/mol. The lowest BCUT2D eigenvalue weighted by Crippen LogP contribution is -2.63. The lowest BCUT2D eigenvalue weighted by molar-refractivity contribution is -0.136. The topological polar surface area (TPSA) is 74.0 Å². The Kier molecular flexibility index (Phi) is 3.88. The number of hydrogen-bond donors (Lipinski definition) is 3. The van der Waals surface area contributed by atoms with Crippen LogP contribution in [0.3, 0.4) is 0 Å². The summed E-state index contributed by atoms with van der Waals surface area (Å²) in [5.41, 5.74) is 2.07. The van der Waals surface area contributed by atoms with Crippen molar-refractivity contribution in [2.75, 3.05) is 12.0 Å². The summed E-state index contributed by atoms with van der Waals surface area (Å²) in [6, 6.07) is 7.01. The number of amides is 2. The minimum atomic E-state index is -0.505. The van der Waals surface area contributed by atoms with Crippen molar-refractivity contribution in [1.82, 2.24) is 15.6 Å². The van der Waals surface area contributed by atoms with Crippen LogP contribution in [0.2, 0.25) is 0 Å². The first kappa shape index (κ1) is 14.0. The first-order valence-electron chi connectivity index (χ1n) is 6.83. The van der Waals surface area contributed by atoms with E-state index in [0.29, 0.717) is 12.2 Å². The first-order chi connectivity index (χ1) is 10.2. The van der Waals surface area contributed by atoms with E-state index in [4.69, 9.17) is 0 Å². The van der Waals surface area contributed by atoms with E-state index in [-0.39, 0.29) is 11.8 Å². The van der Waals surface area contributed by atoms with E-state index in [2.05, 4.69) is 15.6 Å². The van der Waals surface area contributed by atoms with E-state index < -0.39 is 12.1 Å². The molecule has 5 nitrogen and oxygen atoms in total. The number of fused-ring (bicyclic) bond motifs is 1. The molecule has 2 heterocycles. The van der Waals surface area contributed by atoms with Gasteiger partial charge in [0.05, 0.1) is 0 Å². The molecule has 21 heavy (non-hydrogen) atoms. The van der Waals surface area contributed by atoms with Gasteiger partial charge in [0.15, 0.2) is 0 Å². The summed E-state index contributed by atoms with van der Waals surface area (Å²) in [6.07, 6.45) is 4.31. The van der Waals surface area contributed by atoms with Crippen molar-refractivity contribution in [2.45, 2.75) is 18.5 Å². The van der Waals surface area contributed by atoms with Gasteiger partial charge in [0, 0.05) is 29.3 Å². The standard InChI is InChI=1S/C15H17N3O2S/c1-21-8-13-15(20)17-12(14(19)18-13)6-9-7-16-11-5-3-2-4-10(9)11/h2-5,7,12-13,16H,6,8H2,1H3,(H,17,20)(H,18,19)/t12-,13+/m1/s1. The number of hydrogen-bond acceptors (Lipinski definition) is 3. The van der Waals surface area contributed by atoms with Gasteiger partial charge in [-0.05, 0) is 17.9 Å². The fraction of sp³-hybridized carbons (Fsp3) is 0.333. The summed E-state index contributed by atoms with van der Waals surface area (Å²) >= 11 is 1.54. The molecule has 2 atom stereocenters. The fourth-order valence-corrected chi connectivity index (χ4v) is 3.19. The zero-order valence-electron chi connectivity index (χ0n) is 11.7. The average molecular weight is 303 g/mol. The van der Waals surface area contributed by atoms with E-state index in [9.17, 15) is 9.59 Å². The van der Waals surface area contributed by atoms with Gasteiger partial charge >= 0.3 is 0 Å². The van der Waals surface area contributed by atoms with Gasteiger partial charge in [-0.2, -0.15) is 11.8 Å². The molecular formula is C15H17N3O2S. The second-order valence-corrected chi connectivity index (χ2v) is 6.05. The number of piperazine rings is 1. The maximum absolute atomic E-state index is 12.1. The first-order valence-corrected chi connectivity index (χ1v) is 8.23. The number of benzene rings is 1. The molecule has 1 fully saturated rings. The van der Waals surface area contributed by atoms with Crippen LogP contribution in [0.25, 0.3) is 10.9 Å². The number of H-pyrrole nitrogens is 1. The third kappa shape index (κ3) is 2.76. The Balaban J connectivity index is 1.76. The Morgan fingerprint density at radius 3 is 2.62 bits per heavy atom. The lowest BCUT2D eigenvalue weighted by atomic mass is 10.0. The summed E-state index contributed by atoms with van der Waals surface area (Å²) in [7, 11) is 0. The number of carbonyl (C=O) groups excluding carboxylic acids is 2. The van der Waals surface area contributed by atoms with Gasteiger partial charge in [0.1, 0.15) is 12.1 Å². The number of thioether (sulfide) groups is 1. The lowest BCUT2D eigenvalue weighted by Gasteiger charge is -2.29. The second kappa shape index (κ2) is 5.81. The number of aromatic amines is 1. The quantitative estimate of drug-likeness (QED) is 0.790. The highest BCUT2D eigenvalue weighted by atomic mass is 32.2. The summed E-state index contributed by atoms with van der Waals surface area (Å²) < 4.78 is 0. The van der Waals surface area contributed by atoms with Crippen LogP contribution in [-0.2, 0) is 16.0 Å². The number of para-hydroxylation sites is 1. The number of rotatable bonds is 4. The van der Waals surface area contributed by atoms with E-state index in [1.165, 1.54) is 0 Å². The molecule has 0 spiro atoms. The van der Waals surface area contributed by atoms with Crippen LogP contribution in [-0.4, -0.2) is 40.9 Å². The van der Waals surface area contributed by atoms with E-state index >= 15 is 0 Å². The highest BCUT2D eigenvalue weighted by Crippen LogP contribution is 2.19. The predicted octanol–water partition coefficient (Wildman–Crippen LogP) is 1.06. The molecule has 1 aliphatic rings. The van der Waals surface area contributed by atoms with Crippen LogP contribution in [0, 0.1) is 0 Å². The van der Waals surface area contributed by atoms with Gasteiger partial charge in [0.25, 0.3) is 0 Å². The van der Waals surface area contributed by atoms with Gasteiger partial charge in [-0.1, -0.05) is 18.2 Å².